The monoisotopic (exact) mass is 309 g/mol. The number of hydrogen-bond donors (Lipinski definition) is 1. The Balaban J connectivity index is 1.63. The Morgan fingerprint density at radius 1 is 0.783 bits per heavy atom. The number of nitrogens with two attached hydrogens (primary N) is 1. The SMILES string of the molecule is Nc1ccccc1Oc1ccc(OCc2ccccc2F)cc1. The highest BCUT2D eigenvalue weighted by atomic mass is 19.1. The van der Waals surface area contributed by atoms with E-state index < -0.39 is 0 Å². The molecule has 0 unspecified atom stereocenters. The molecule has 0 amide bonds. The van der Waals surface area contributed by atoms with E-state index in [9.17, 15) is 4.39 Å². The molecule has 23 heavy (non-hydrogen) atoms. The smallest absolute Gasteiger partial charge is 0.150 e. The molecular weight excluding hydrogens is 293 g/mol. The predicted octanol–water partition coefficient (Wildman–Crippen LogP) is 4.78. The fourth-order valence-electron chi connectivity index (χ4n) is 2.08. The van der Waals surface area contributed by atoms with Gasteiger partial charge in [0.15, 0.2) is 0 Å². The van der Waals surface area contributed by atoms with Crippen LogP contribution < -0.4 is 15.2 Å². The minimum absolute atomic E-state index is 0.179. The van der Waals surface area contributed by atoms with Gasteiger partial charge < -0.3 is 15.2 Å². The van der Waals surface area contributed by atoms with Crippen molar-refractivity contribution in [2.24, 2.45) is 0 Å². The molecule has 0 saturated heterocycles. The third kappa shape index (κ3) is 3.80. The second-order valence-electron chi connectivity index (χ2n) is 4.99. The average Bonchev–Trinajstić information content (AvgIpc) is 2.57. The van der Waals surface area contributed by atoms with Crippen molar-refractivity contribution in [1.82, 2.24) is 0 Å². The Morgan fingerprint density at radius 2 is 1.43 bits per heavy atom. The maximum Gasteiger partial charge on any atom is 0.150 e. The van der Waals surface area contributed by atoms with Crippen molar-refractivity contribution in [2.45, 2.75) is 6.61 Å². The summed E-state index contributed by atoms with van der Waals surface area (Å²) in [5, 5.41) is 0. The zero-order chi connectivity index (χ0) is 16.1. The number of benzene rings is 3. The van der Waals surface area contributed by atoms with Crippen LogP contribution in [0.5, 0.6) is 17.2 Å². The molecule has 0 fully saturated rings. The molecule has 3 aromatic carbocycles. The van der Waals surface area contributed by atoms with Crippen molar-refractivity contribution in [2.75, 3.05) is 5.73 Å². The van der Waals surface area contributed by atoms with Gasteiger partial charge in [0.1, 0.15) is 29.7 Å². The minimum Gasteiger partial charge on any atom is -0.489 e. The van der Waals surface area contributed by atoms with Gasteiger partial charge in [-0.3, -0.25) is 0 Å². The third-order valence-corrected chi connectivity index (χ3v) is 3.32. The molecule has 0 aliphatic carbocycles. The van der Waals surface area contributed by atoms with E-state index in [1.165, 1.54) is 6.07 Å². The van der Waals surface area contributed by atoms with E-state index in [0.29, 0.717) is 28.5 Å². The normalized spacial score (nSPS) is 10.3. The topological polar surface area (TPSA) is 44.5 Å². The number of nitrogen functional groups attached to an aromatic ring is 1. The third-order valence-electron chi connectivity index (χ3n) is 3.32. The van der Waals surface area contributed by atoms with Gasteiger partial charge in [-0.1, -0.05) is 30.3 Å². The summed E-state index contributed by atoms with van der Waals surface area (Å²) in [6, 6.07) is 20.9. The van der Waals surface area contributed by atoms with Crippen molar-refractivity contribution in [3.63, 3.8) is 0 Å². The largest absolute Gasteiger partial charge is 0.489 e. The molecule has 3 aromatic rings. The number of para-hydroxylation sites is 2. The van der Waals surface area contributed by atoms with Crippen LogP contribution in [0.3, 0.4) is 0 Å². The highest BCUT2D eigenvalue weighted by Crippen LogP contribution is 2.28. The molecule has 0 bridgehead atoms. The Bertz CT molecular complexity index is 787. The minimum atomic E-state index is -0.271. The molecule has 116 valence electrons. The summed E-state index contributed by atoms with van der Waals surface area (Å²) in [5.41, 5.74) is 6.93. The Hall–Kier alpha value is -3.01. The number of ether oxygens (including phenoxy) is 2. The van der Waals surface area contributed by atoms with E-state index in [1.807, 2.05) is 12.1 Å². The van der Waals surface area contributed by atoms with E-state index in [4.69, 9.17) is 15.2 Å². The molecule has 0 spiro atoms. The standard InChI is InChI=1S/C19H16FNO2/c20-17-6-2-1-5-14(17)13-22-15-9-11-16(12-10-15)23-19-8-4-3-7-18(19)21/h1-12H,13,21H2. The van der Waals surface area contributed by atoms with Gasteiger partial charge >= 0.3 is 0 Å². The molecule has 3 rings (SSSR count). The maximum atomic E-state index is 13.5. The average molecular weight is 309 g/mol. The van der Waals surface area contributed by atoms with E-state index in [2.05, 4.69) is 0 Å². The van der Waals surface area contributed by atoms with Crippen LogP contribution in [0.4, 0.5) is 10.1 Å². The lowest BCUT2D eigenvalue weighted by molar-refractivity contribution is 0.299. The Kier molecular flexibility index (Phi) is 4.43. The van der Waals surface area contributed by atoms with Gasteiger partial charge in [-0.25, -0.2) is 4.39 Å². The predicted molar refractivity (Wildman–Crippen MR) is 88.1 cm³/mol. The first-order valence-electron chi connectivity index (χ1n) is 7.21. The van der Waals surface area contributed by atoms with Crippen LogP contribution in [-0.4, -0.2) is 0 Å². The van der Waals surface area contributed by atoms with Crippen molar-refractivity contribution in [1.29, 1.82) is 0 Å². The summed E-state index contributed by atoms with van der Waals surface area (Å²) < 4.78 is 24.8. The summed E-state index contributed by atoms with van der Waals surface area (Å²) in [6.07, 6.45) is 0. The molecule has 3 nitrogen and oxygen atoms in total. The molecule has 0 aromatic heterocycles. The molecule has 0 radical (unpaired) electrons. The first kappa shape index (κ1) is 14.9. The highest BCUT2D eigenvalue weighted by molar-refractivity contribution is 5.53. The second-order valence-corrected chi connectivity index (χ2v) is 4.99. The highest BCUT2D eigenvalue weighted by Gasteiger charge is 2.04. The second kappa shape index (κ2) is 6.83. The number of rotatable bonds is 5. The van der Waals surface area contributed by atoms with Gasteiger partial charge in [0.05, 0.1) is 5.69 Å². The fraction of sp³-hybridized carbons (Fsp3) is 0.0526. The van der Waals surface area contributed by atoms with Gasteiger partial charge in [0, 0.05) is 5.56 Å². The summed E-state index contributed by atoms with van der Waals surface area (Å²) in [5.74, 6) is 1.63. The quantitative estimate of drug-likeness (QED) is 0.690. The molecule has 0 aliphatic rings. The van der Waals surface area contributed by atoms with Crippen LogP contribution in [-0.2, 0) is 6.61 Å². The van der Waals surface area contributed by atoms with Gasteiger partial charge in [-0.2, -0.15) is 0 Å². The maximum absolute atomic E-state index is 13.5. The van der Waals surface area contributed by atoms with Gasteiger partial charge in [-0.05, 0) is 42.5 Å². The molecule has 0 aliphatic heterocycles. The lowest BCUT2D eigenvalue weighted by Gasteiger charge is -2.10. The van der Waals surface area contributed by atoms with Gasteiger partial charge in [-0.15, -0.1) is 0 Å². The zero-order valence-corrected chi connectivity index (χ0v) is 12.4. The van der Waals surface area contributed by atoms with Crippen LogP contribution in [0.25, 0.3) is 0 Å². The fourth-order valence-corrected chi connectivity index (χ4v) is 2.08. The summed E-state index contributed by atoms with van der Waals surface area (Å²) >= 11 is 0. The molecular formula is C19H16FNO2. The van der Waals surface area contributed by atoms with Crippen LogP contribution in [0.15, 0.2) is 72.8 Å². The number of anilines is 1. The van der Waals surface area contributed by atoms with Crippen LogP contribution in [0, 0.1) is 5.82 Å². The van der Waals surface area contributed by atoms with E-state index in [1.54, 1.807) is 54.6 Å². The Morgan fingerprint density at radius 3 is 2.17 bits per heavy atom. The zero-order valence-electron chi connectivity index (χ0n) is 12.4. The van der Waals surface area contributed by atoms with E-state index in [0.717, 1.165) is 0 Å². The molecule has 0 atom stereocenters. The van der Waals surface area contributed by atoms with E-state index in [-0.39, 0.29) is 12.4 Å². The number of hydrogen-bond acceptors (Lipinski definition) is 3. The van der Waals surface area contributed by atoms with Crippen LogP contribution in [0.1, 0.15) is 5.56 Å². The van der Waals surface area contributed by atoms with E-state index >= 15 is 0 Å². The first-order chi connectivity index (χ1) is 11.2. The van der Waals surface area contributed by atoms with Crippen molar-refractivity contribution >= 4 is 5.69 Å². The summed E-state index contributed by atoms with van der Waals surface area (Å²) in [6.45, 7) is 0.179. The van der Waals surface area contributed by atoms with Crippen molar-refractivity contribution in [3.8, 4) is 17.2 Å². The molecule has 0 saturated carbocycles. The molecule has 2 N–H and O–H groups in total. The molecule has 0 heterocycles. The van der Waals surface area contributed by atoms with Crippen LogP contribution in [0.2, 0.25) is 0 Å². The van der Waals surface area contributed by atoms with Crippen molar-refractivity contribution < 1.29 is 13.9 Å². The van der Waals surface area contributed by atoms with Crippen molar-refractivity contribution in [3.05, 3.63) is 84.2 Å². The summed E-state index contributed by atoms with van der Waals surface area (Å²) in [7, 11) is 0. The van der Waals surface area contributed by atoms with Gasteiger partial charge in [0.2, 0.25) is 0 Å². The lowest BCUT2D eigenvalue weighted by atomic mass is 10.2. The Labute approximate surface area is 134 Å². The van der Waals surface area contributed by atoms with Gasteiger partial charge in [0.25, 0.3) is 0 Å². The van der Waals surface area contributed by atoms with Crippen LogP contribution >= 0.6 is 0 Å². The summed E-state index contributed by atoms with van der Waals surface area (Å²) in [4.78, 5) is 0. The number of halogens is 1. The molecule has 4 heteroatoms. The first-order valence-corrected chi connectivity index (χ1v) is 7.21. The lowest BCUT2D eigenvalue weighted by Crippen LogP contribution is -1.98.